The number of nitrogens with one attached hydrogen (secondary N) is 1. The van der Waals surface area contributed by atoms with Crippen LogP contribution in [0, 0.1) is 0 Å². The molecule has 16 heavy (non-hydrogen) atoms. The summed E-state index contributed by atoms with van der Waals surface area (Å²) in [7, 11) is 1.94. The van der Waals surface area contributed by atoms with Gasteiger partial charge in [0.15, 0.2) is 0 Å². The van der Waals surface area contributed by atoms with Crippen LogP contribution in [0.2, 0.25) is 0 Å². The van der Waals surface area contributed by atoms with Crippen molar-refractivity contribution in [3.8, 4) is 0 Å². The van der Waals surface area contributed by atoms with E-state index in [4.69, 9.17) is 4.74 Å². The Morgan fingerprint density at radius 1 is 1.25 bits per heavy atom. The number of ether oxygens (including phenoxy) is 1. The molecule has 0 spiro atoms. The van der Waals surface area contributed by atoms with Crippen molar-refractivity contribution in [2.24, 2.45) is 0 Å². The van der Waals surface area contributed by atoms with E-state index < -0.39 is 0 Å². The third-order valence-corrected chi connectivity index (χ3v) is 2.32. The van der Waals surface area contributed by atoms with Crippen molar-refractivity contribution in [3.63, 3.8) is 0 Å². The summed E-state index contributed by atoms with van der Waals surface area (Å²) < 4.78 is 4.88. The molecule has 0 unspecified atom stereocenters. The maximum absolute atomic E-state index is 10.5. The highest BCUT2D eigenvalue weighted by Crippen LogP contribution is 2.06. The lowest BCUT2D eigenvalue weighted by Gasteiger charge is -2.04. The van der Waals surface area contributed by atoms with Crippen molar-refractivity contribution in [1.29, 1.82) is 0 Å². The first-order chi connectivity index (χ1) is 7.72. The normalized spacial score (nSPS) is 10.1. The summed E-state index contributed by atoms with van der Waals surface area (Å²) in [5.74, 6) is -0.204. The highest BCUT2D eigenvalue weighted by molar-refractivity contribution is 5.65. The fraction of sp³-hybridized carbons (Fsp3) is 0.462. The molecule has 1 aromatic rings. The average Bonchev–Trinajstić information content (AvgIpc) is 2.27. The molecule has 1 rings (SSSR count). The van der Waals surface area contributed by atoms with Gasteiger partial charge >= 0.3 is 5.97 Å². The van der Waals surface area contributed by atoms with Crippen LogP contribution in [0.1, 0.15) is 24.5 Å². The molecule has 0 amide bonds. The maximum Gasteiger partial charge on any atom is 0.302 e. The lowest BCUT2D eigenvalue weighted by molar-refractivity contribution is -0.141. The second kappa shape index (κ2) is 7.01. The lowest BCUT2D eigenvalue weighted by Crippen LogP contribution is -2.05. The Hall–Kier alpha value is -1.35. The van der Waals surface area contributed by atoms with Gasteiger partial charge in [-0.2, -0.15) is 0 Å². The zero-order valence-corrected chi connectivity index (χ0v) is 9.95. The Morgan fingerprint density at radius 2 is 1.88 bits per heavy atom. The molecule has 0 aliphatic heterocycles. The Bertz CT molecular complexity index is 319. The van der Waals surface area contributed by atoms with Gasteiger partial charge < -0.3 is 10.1 Å². The van der Waals surface area contributed by atoms with Crippen LogP contribution in [0.25, 0.3) is 0 Å². The van der Waals surface area contributed by atoms with Gasteiger partial charge in [-0.3, -0.25) is 4.79 Å². The molecule has 0 aliphatic carbocycles. The largest absolute Gasteiger partial charge is 0.466 e. The first-order valence-electron chi connectivity index (χ1n) is 5.58. The van der Waals surface area contributed by atoms with E-state index in [0.29, 0.717) is 6.61 Å². The van der Waals surface area contributed by atoms with Crippen molar-refractivity contribution in [2.75, 3.05) is 13.7 Å². The minimum Gasteiger partial charge on any atom is -0.466 e. The predicted molar refractivity (Wildman–Crippen MR) is 64.2 cm³/mol. The predicted octanol–water partition coefficient (Wildman–Crippen LogP) is 1.90. The molecule has 0 saturated carbocycles. The summed E-state index contributed by atoms with van der Waals surface area (Å²) in [6.45, 7) is 2.84. The van der Waals surface area contributed by atoms with Gasteiger partial charge in [0.05, 0.1) is 6.61 Å². The minimum atomic E-state index is -0.204. The van der Waals surface area contributed by atoms with Crippen LogP contribution in [-0.2, 0) is 22.5 Å². The minimum absolute atomic E-state index is 0.204. The molecule has 88 valence electrons. The number of rotatable bonds is 6. The molecule has 0 radical (unpaired) electrons. The van der Waals surface area contributed by atoms with Gasteiger partial charge in [-0.15, -0.1) is 0 Å². The Balaban J connectivity index is 2.29. The average molecular weight is 221 g/mol. The van der Waals surface area contributed by atoms with E-state index in [1.54, 1.807) is 0 Å². The number of hydrogen-bond acceptors (Lipinski definition) is 3. The second-order valence-electron chi connectivity index (χ2n) is 3.79. The first-order valence-corrected chi connectivity index (χ1v) is 5.58. The van der Waals surface area contributed by atoms with Crippen LogP contribution >= 0.6 is 0 Å². The topological polar surface area (TPSA) is 38.3 Å². The van der Waals surface area contributed by atoms with Gasteiger partial charge in [-0.25, -0.2) is 0 Å². The number of hydrogen-bond donors (Lipinski definition) is 1. The molecule has 0 fully saturated rings. The molecule has 0 aliphatic rings. The summed E-state index contributed by atoms with van der Waals surface area (Å²) in [4.78, 5) is 10.5. The highest BCUT2D eigenvalue weighted by atomic mass is 16.5. The van der Waals surface area contributed by atoms with E-state index in [-0.39, 0.29) is 5.97 Å². The zero-order chi connectivity index (χ0) is 11.8. The maximum atomic E-state index is 10.5. The number of benzene rings is 1. The number of carbonyl (C=O) groups excluding carboxylic acids is 1. The van der Waals surface area contributed by atoms with Gasteiger partial charge in [-0.05, 0) is 31.0 Å². The lowest BCUT2D eigenvalue weighted by atomic mass is 10.1. The summed E-state index contributed by atoms with van der Waals surface area (Å²) >= 11 is 0. The Morgan fingerprint density at radius 3 is 2.44 bits per heavy atom. The molecular weight excluding hydrogens is 202 g/mol. The van der Waals surface area contributed by atoms with Crippen LogP contribution < -0.4 is 5.32 Å². The van der Waals surface area contributed by atoms with Crippen LogP contribution in [-0.4, -0.2) is 19.6 Å². The van der Waals surface area contributed by atoms with E-state index >= 15 is 0 Å². The molecular formula is C13H19NO2. The highest BCUT2D eigenvalue weighted by Gasteiger charge is 1.96. The molecule has 1 N–H and O–H groups in total. The van der Waals surface area contributed by atoms with Gasteiger partial charge in [0.1, 0.15) is 0 Å². The van der Waals surface area contributed by atoms with E-state index in [1.165, 1.54) is 18.1 Å². The quantitative estimate of drug-likeness (QED) is 0.589. The van der Waals surface area contributed by atoms with Crippen molar-refractivity contribution in [1.82, 2.24) is 5.32 Å². The Kier molecular flexibility index (Phi) is 5.57. The van der Waals surface area contributed by atoms with Gasteiger partial charge in [-0.1, -0.05) is 24.3 Å². The van der Waals surface area contributed by atoms with Gasteiger partial charge in [0, 0.05) is 13.5 Å². The van der Waals surface area contributed by atoms with Crippen molar-refractivity contribution >= 4 is 5.97 Å². The molecule has 0 bridgehead atoms. The smallest absolute Gasteiger partial charge is 0.302 e. The summed E-state index contributed by atoms with van der Waals surface area (Å²) in [5, 5.41) is 3.11. The monoisotopic (exact) mass is 221 g/mol. The van der Waals surface area contributed by atoms with Crippen LogP contribution in [0.5, 0.6) is 0 Å². The van der Waals surface area contributed by atoms with Crippen LogP contribution in [0.3, 0.4) is 0 Å². The molecule has 0 aromatic heterocycles. The zero-order valence-electron chi connectivity index (χ0n) is 9.95. The molecule has 1 aromatic carbocycles. The summed E-state index contributed by atoms with van der Waals surface area (Å²) in [6, 6.07) is 8.50. The second-order valence-corrected chi connectivity index (χ2v) is 3.79. The molecule has 0 heterocycles. The molecule has 0 saturated heterocycles. The van der Waals surface area contributed by atoms with Crippen molar-refractivity contribution < 1.29 is 9.53 Å². The fourth-order valence-electron chi connectivity index (χ4n) is 1.52. The van der Waals surface area contributed by atoms with E-state index in [2.05, 4.69) is 29.6 Å². The van der Waals surface area contributed by atoms with Crippen molar-refractivity contribution in [2.45, 2.75) is 26.3 Å². The summed E-state index contributed by atoms with van der Waals surface area (Å²) in [6.07, 6.45) is 1.83. The third-order valence-electron chi connectivity index (χ3n) is 2.32. The molecule has 0 atom stereocenters. The number of esters is 1. The van der Waals surface area contributed by atoms with E-state index in [1.807, 2.05) is 7.05 Å². The first kappa shape index (κ1) is 12.7. The van der Waals surface area contributed by atoms with Gasteiger partial charge in [0.2, 0.25) is 0 Å². The third kappa shape index (κ3) is 4.94. The summed E-state index contributed by atoms with van der Waals surface area (Å²) in [5.41, 5.74) is 2.57. The van der Waals surface area contributed by atoms with E-state index in [9.17, 15) is 4.79 Å². The molecule has 3 heteroatoms. The van der Waals surface area contributed by atoms with Crippen LogP contribution in [0.4, 0.5) is 0 Å². The van der Waals surface area contributed by atoms with Crippen molar-refractivity contribution in [3.05, 3.63) is 35.4 Å². The number of aryl methyl sites for hydroxylation is 1. The van der Waals surface area contributed by atoms with E-state index in [0.717, 1.165) is 19.4 Å². The van der Waals surface area contributed by atoms with Gasteiger partial charge in [0.25, 0.3) is 0 Å². The Labute approximate surface area is 96.8 Å². The molecule has 3 nitrogen and oxygen atoms in total. The standard InChI is InChI=1S/C13H19NO2/c1-11(15)16-9-3-4-12-5-7-13(8-6-12)10-14-2/h5-8,14H,3-4,9-10H2,1-2H3. The SMILES string of the molecule is CNCc1ccc(CCCOC(C)=O)cc1. The van der Waals surface area contributed by atoms with Crippen LogP contribution in [0.15, 0.2) is 24.3 Å². The number of carbonyl (C=O) groups is 1. The fourth-order valence-corrected chi connectivity index (χ4v) is 1.52.